The summed E-state index contributed by atoms with van der Waals surface area (Å²) in [6.45, 7) is 9.78. The SMILES string of the molecule is CCCCOC(=O)[C@H](C)NP(=O)(COC(C)Cn1cnc2c(N)ncnc21)N[C@@H](C)C(=O)OCCCC. The minimum absolute atomic E-state index is 0.273. The third kappa shape index (κ3) is 9.66. The van der Waals surface area contributed by atoms with E-state index in [0.717, 1.165) is 25.7 Å². The van der Waals surface area contributed by atoms with Gasteiger partial charge in [-0.2, -0.15) is 0 Å². The molecule has 4 N–H and O–H groups in total. The smallest absolute Gasteiger partial charge is 0.323 e. The van der Waals surface area contributed by atoms with Gasteiger partial charge in [-0.1, -0.05) is 26.7 Å². The third-order valence-corrected chi connectivity index (χ3v) is 7.54. The number of unbranched alkanes of at least 4 members (excludes halogenated alkanes) is 2. The van der Waals surface area contributed by atoms with Gasteiger partial charge in [0.15, 0.2) is 11.5 Å². The van der Waals surface area contributed by atoms with Crippen molar-refractivity contribution < 1.29 is 28.4 Å². The molecule has 37 heavy (non-hydrogen) atoms. The highest BCUT2D eigenvalue weighted by molar-refractivity contribution is 7.59. The van der Waals surface area contributed by atoms with Crippen molar-refractivity contribution >= 4 is 36.4 Å². The number of ether oxygens (including phenoxy) is 3. The molecule has 2 rings (SSSR count). The molecule has 13 nitrogen and oxygen atoms in total. The normalized spacial score (nSPS) is 14.3. The molecule has 0 radical (unpaired) electrons. The topological polar surface area (TPSA) is 173 Å². The first kappa shape index (κ1) is 30.6. The number of hydrogen-bond acceptors (Lipinski definition) is 10. The van der Waals surface area contributed by atoms with Crippen LogP contribution >= 0.6 is 7.44 Å². The lowest BCUT2D eigenvalue weighted by Gasteiger charge is -2.27. The highest BCUT2D eigenvalue weighted by Gasteiger charge is 2.32. The first-order valence-corrected chi connectivity index (χ1v) is 14.5. The van der Waals surface area contributed by atoms with Crippen LogP contribution in [0.3, 0.4) is 0 Å². The maximum absolute atomic E-state index is 13.8. The molecule has 0 amide bonds. The number of nitrogens with two attached hydrogens (primary N) is 1. The van der Waals surface area contributed by atoms with E-state index >= 15 is 0 Å². The molecule has 0 aliphatic heterocycles. The fourth-order valence-electron chi connectivity index (χ4n) is 3.32. The number of nitrogens with one attached hydrogen (secondary N) is 2. The number of aromatic nitrogens is 4. The van der Waals surface area contributed by atoms with E-state index in [1.807, 2.05) is 13.8 Å². The molecule has 14 heteroatoms. The van der Waals surface area contributed by atoms with Crippen LogP contribution in [0.4, 0.5) is 5.82 Å². The maximum Gasteiger partial charge on any atom is 0.323 e. The highest BCUT2D eigenvalue weighted by Crippen LogP contribution is 2.38. The van der Waals surface area contributed by atoms with Crippen LogP contribution < -0.4 is 15.9 Å². The van der Waals surface area contributed by atoms with E-state index in [2.05, 4.69) is 25.1 Å². The monoisotopic (exact) mass is 541 g/mol. The van der Waals surface area contributed by atoms with E-state index in [-0.39, 0.29) is 25.4 Å². The molecule has 0 fully saturated rings. The third-order valence-electron chi connectivity index (χ3n) is 5.42. The summed E-state index contributed by atoms with van der Waals surface area (Å²) in [6, 6.07) is -1.79. The van der Waals surface area contributed by atoms with E-state index in [9.17, 15) is 14.2 Å². The Bertz CT molecular complexity index is 1030. The van der Waals surface area contributed by atoms with Gasteiger partial charge in [0, 0.05) is 0 Å². The zero-order valence-electron chi connectivity index (χ0n) is 22.3. The van der Waals surface area contributed by atoms with Crippen LogP contribution in [0, 0.1) is 0 Å². The molecular formula is C23H40N7O6P. The summed E-state index contributed by atoms with van der Waals surface area (Å²) >= 11 is 0. The molecule has 2 heterocycles. The predicted molar refractivity (Wildman–Crippen MR) is 140 cm³/mol. The second-order valence-electron chi connectivity index (χ2n) is 8.92. The lowest BCUT2D eigenvalue weighted by molar-refractivity contribution is -0.145. The number of fused-ring (bicyclic) bond motifs is 1. The number of rotatable bonds is 17. The molecule has 1 unspecified atom stereocenters. The number of esters is 2. The average Bonchev–Trinajstić information content (AvgIpc) is 3.26. The highest BCUT2D eigenvalue weighted by atomic mass is 31.2. The second-order valence-corrected chi connectivity index (χ2v) is 11.2. The maximum atomic E-state index is 13.8. The Balaban J connectivity index is 2.07. The molecular weight excluding hydrogens is 501 g/mol. The fourth-order valence-corrected chi connectivity index (χ4v) is 5.47. The van der Waals surface area contributed by atoms with Crippen molar-refractivity contribution in [3.63, 3.8) is 0 Å². The average molecular weight is 542 g/mol. The number of carbonyl (C=O) groups is 2. The number of hydrogen-bond donors (Lipinski definition) is 3. The van der Waals surface area contributed by atoms with Crippen molar-refractivity contribution in [3.8, 4) is 0 Å². The van der Waals surface area contributed by atoms with E-state index in [0.29, 0.717) is 17.7 Å². The van der Waals surface area contributed by atoms with Crippen molar-refractivity contribution in [2.45, 2.75) is 85.0 Å². The van der Waals surface area contributed by atoms with E-state index < -0.39 is 37.6 Å². The Morgan fingerprint density at radius 1 is 1.00 bits per heavy atom. The number of carbonyl (C=O) groups excluding carboxylic acids is 2. The van der Waals surface area contributed by atoms with Gasteiger partial charge in [-0.25, -0.2) is 25.1 Å². The van der Waals surface area contributed by atoms with Gasteiger partial charge in [0.05, 0.1) is 32.2 Å². The van der Waals surface area contributed by atoms with Crippen LogP contribution in [0.5, 0.6) is 0 Å². The second kappa shape index (κ2) is 15.0. The molecule has 3 atom stereocenters. The Morgan fingerprint density at radius 3 is 2.11 bits per heavy atom. The van der Waals surface area contributed by atoms with Crippen molar-refractivity contribution in [1.82, 2.24) is 29.7 Å². The van der Waals surface area contributed by atoms with Gasteiger partial charge in [-0.15, -0.1) is 0 Å². The summed E-state index contributed by atoms with van der Waals surface area (Å²) in [4.78, 5) is 37.2. The molecule has 0 aliphatic rings. The molecule has 0 aliphatic carbocycles. The van der Waals surface area contributed by atoms with Crippen molar-refractivity contribution in [2.75, 3.05) is 25.3 Å². The Morgan fingerprint density at radius 2 is 1.57 bits per heavy atom. The molecule has 0 spiro atoms. The van der Waals surface area contributed by atoms with Crippen LogP contribution in [0.15, 0.2) is 12.7 Å². The Labute approximate surface area is 217 Å². The lowest BCUT2D eigenvalue weighted by Crippen LogP contribution is -2.43. The van der Waals surface area contributed by atoms with Crippen LogP contribution in [0.25, 0.3) is 11.2 Å². The molecule has 0 saturated carbocycles. The fraction of sp³-hybridized carbons (Fsp3) is 0.696. The van der Waals surface area contributed by atoms with Crippen molar-refractivity contribution in [1.29, 1.82) is 0 Å². The summed E-state index contributed by atoms with van der Waals surface area (Å²) in [5.74, 6) is -0.803. The Hall–Kier alpha value is -2.60. The minimum atomic E-state index is -3.61. The molecule has 2 aromatic heterocycles. The summed E-state index contributed by atoms with van der Waals surface area (Å²) in [7, 11) is -3.61. The van der Waals surface area contributed by atoms with E-state index in [1.54, 1.807) is 31.7 Å². The van der Waals surface area contributed by atoms with Gasteiger partial charge in [0.25, 0.3) is 0 Å². The molecule has 0 aromatic carbocycles. The largest absolute Gasteiger partial charge is 0.465 e. The van der Waals surface area contributed by atoms with Gasteiger partial charge in [-0.3, -0.25) is 14.2 Å². The van der Waals surface area contributed by atoms with Crippen LogP contribution in [-0.4, -0.2) is 69.2 Å². The number of anilines is 1. The van der Waals surface area contributed by atoms with Crippen LogP contribution in [0.2, 0.25) is 0 Å². The quantitative estimate of drug-likeness (QED) is 0.152. The standard InChI is InChI=1S/C23H40N7O6P/c1-6-8-10-34-22(31)17(4)28-37(33,29-18(5)23(32)35-11-9-7-2)15-36-16(3)12-30-14-27-19-20(24)25-13-26-21(19)30/h13-14,16-18H,6-12,15H2,1-5H3,(H2,24,25,26)(H2,28,29,33)/t16?,17-,18-/m0/s1. The summed E-state index contributed by atoms with van der Waals surface area (Å²) < 4.78 is 32.0. The first-order chi connectivity index (χ1) is 17.6. The Kier molecular flexibility index (Phi) is 12.4. The lowest BCUT2D eigenvalue weighted by atomic mass is 10.3. The molecule has 0 saturated heterocycles. The molecule has 0 bridgehead atoms. The predicted octanol–water partition coefficient (Wildman–Crippen LogP) is 2.61. The summed E-state index contributed by atoms with van der Waals surface area (Å²) in [5, 5.41) is 5.61. The van der Waals surface area contributed by atoms with E-state index in [4.69, 9.17) is 19.9 Å². The zero-order valence-corrected chi connectivity index (χ0v) is 23.2. The number of nitrogens with zero attached hydrogens (tertiary/aromatic N) is 4. The van der Waals surface area contributed by atoms with Crippen molar-refractivity contribution in [2.24, 2.45) is 0 Å². The minimum Gasteiger partial charge on any atom is -0.465 e. The van der Waals surface area contributed by atoms with Gasteiger partial charge >= 0.3 is 11.9 Å². The zero-order chi connectivity index (χ0) is 27.4. The number of imidazole rings is 1. The molecule has 208 valence electrons. The molecule has 2 aromatic rings. The van der Waals surface area contributed by atoms with Crippen LogP contribution in [0.1, 0.15) is 60.3 Å². The van der Waals surface area contributed by atoms with E-state index in [1.165, 1.54) is 6.33 Å². The summed E-state index contributed by atoms with van der Waals surface area (Å²) in [5.41, 5.74) is 6.88. The first-order valence-electron chi connectivity index (χ1n) is 12.6. The van der Waals surface area contributed by atoms with Gasteiger partial charge in [-0.05, 0) is 33.6 Å². The van der Waals surface area contributed by atoms with Gasteiger partial charge < -0.3 is 24.5 Å². The summed E-state index contributed by atoms with van der Waals surface area (Å²) in [6.07, 6.45) is 5.43. The van der Waals surface area contributed by atoms with Crippen LogP contribution in [-0.2, 0) is 34.9 Å². The van der Waals surface area contributed by atoms with Gasteiger partial charge in [0.1, 0.15) is 30.3 Å². The number of nitrogen functional groups attached to an aromatic ring is 1. The van der Waals surface area contributed by atoms with Gasteiger partial charge in [0.2, 0.25) is 7.44 Å². The van der Waals surface area contributed by atoms with Crippen molar-refractivity contribution in [3.05, 3.63) is 12.7 Å².